The number of carbonyl (C=O) groups excluding carboxylic acids is 1. The van der Waals surface area contributed by atoms with Gasteiger partial charge >= 0.3 is 5.97 Å². The van der Waals surface area contributed by atoms with E-state index in [-0.39, 0.29) is 5.97 Å². The third kappa shape index (κ3) is 3.09. The van der Waals surface area contributed by atoms with Gasteiger partial charge in [-0.2, -0.15) is 5.26 Å². The van der Waals surface area contributed by atoms with Crippen LogP contribution in [-0.2, 0) is 4.74 Å². The average Bonchev–Trinajstić information content (AvgIpc) is 2.49. The number of nitrogens with zero attached hydrogens (tertiary/aromatic N) is 3. The van der Waals surface area contributed by atoms with Crippen LogP contribution in [0.5, 0.6) is 0 Å². The standard InChI is InChI=1S/C15H19N3O2/c1-12-11-18(10-9-17(12)8-7-16)14-5-3-13(4-6-14)15(19)20-2/h3-6,12H,8-11H2,1-2H3/t12-/m1/s1. The third-order valence-corrected chi connectivity index (χ3v) is 3.69. The summed E-state index contributed by atoms with van der Waals surface area (Å²) in [6.07, 6.45) is 0. The molecule has 2 rings (SSSR count). The summed E-state index contributed by atoms with van der Waals surface area (Å²) in [5, 5.41) is 8.78. The minimum absolute atomic E-state index is 0.316. The lowest BCUT2D eigenvalue weighted by Gasteiger charge is -2.39. The van der Waals surface area contributed by atoms with Gasteiger partial charge in [-0.3, -0.25) is 4.90 Å². The van der Waals surface area contributed by atoms with Gasteiger partial charge in [0.05, 0.1) is 25.3 Å². The van der Waals surface area contributed by atoms with Crippen molar-refractivity contribution in [1.82, 2.24) is 4.90 Å². The summed E-state index contributed by atoms with van der Waals surface area (Å²) in [7, 11) is 1.38. The molecule has 1 heterocycles. The number of piperazine rings is 1. The van der Waals surface area contributed by atoms with E-state index in [1.807, 2.05) is 12.1 Å². The number of benzene rings is 1. The first-order valence-electron chi connectivity index (χ1n) is 6.70. The molecule has 1 aliphatic rings. The summed E-state index contributed by atoms with van der Waals surface area (Å²) in [6.45, 7) is 5.28. The second-order valence-electron chi connectivity index (χ2n) is 4.96. The fraction of sp³-hybridized carbons (Fsp3) is 0.467. The summed E-state index contributed by atoms with van der Waals surface area (Å²) in [5.41, 5.74) is 1.66. The maximum atomic E-state index is 11.4. The second-order valence-corrected chi connectivity index (χ2v) is 4.96. The predicted molar refractivity (Wildman–Crippen MR) is 76.6 cm³/mol. The van der Waals surface area contributed by atoms with Crippen LogP contribution in [-0.4, -0.2) is 50.2 Å². The zero-order valence-electron chi connectivity index (χ0n) is 11.9. The Balaban J connectivity index is 2.03. The number of nitriles is 1. The number of anilines is 1. The number of carbonyl (C=O) groups is 1. The Morgan fingerprint density at radius 3 is 2.65 bits per heavy atom. The van der Waals surface area contributed by atoms with Crippen LogP contribution in [0.1, 0.15) is 17.3 Å². The number of ether oxygens (including phenoxy) is 1. The van der Waals surface area contributed by atoms with Crippen LogP contribution in [0.15, 0.2) is 24.3 Å². The SMILES string of the molecule is COC(=O)c1ccc(N2CCN(CC#N)[C@H](C)C2)cc1. The van der Waals surface area contributed by atoms with Gasteiger partial charge in [0.2, 0.25) is 0 Å². The van der Waals surface area contributed by atoms with Crippen molar-refractivity contribution in [2.45, 2.75) is 13.0 Å². The lowest BCUT2D eigenvalue weighted by Crippen LogP contribution is -2.52. The number of hydrogen-bond acceptors (Lipinski definition) is 5. The molecule has 1 fully saturated rings. The number of methoxy groups -OCH3 is 1. The monoisotopic (exact) mass is 273 g/mol. The molecule has 1 atom stereocenters. The van der Waals surface area contributed by atoms with E-state index in [2.05, 4.69) is 27.5 Å². The lowest BCUT2D eigenvalue weighted by molar-refractivity contribution is 0.0601. The Kier molecular flexibility index (Phi) is 4.59. The first kappa shape index (κ1) is 14.4. The number of rotatable bonds is 3. The Morgan fingerprint density at radius 2 is 2.10 bits per heavy atom. The molecule has 0 spiro atoms. The van der Waals surface area contributed by atoms with Crippen LogP contribution in [0.25, 0.3) is 0 Å². The van der Waals surface area contributed by atoms with E-state index < -0.39 is 0 Å². The molecule has 5 nitrogen and oxygen atoms in total. The molecular formula is C15H19N3O2. The van der Waals surface area contributed by atoms with Crippen LogP contribution < -0.4 is 4.90 Å². The molecule has 0 aromatic heterocycles. The first-order valence-corrected chi connectivity index (χ1v) is 6.70. The molecule has 1 aromatic rings. The Morgan fingerprint density at radius 1 is 1.40 bits per heavy atom. The van der Waals surface area contributed by atoms with Crippen molar-refractivity contribution in [3.63, 3.8) is 0 Å². The second kappa shape index (κ2) is 6.40. The highest BCUT2D eigenvalue weighted by molar-refractivity contribution is 5.89. The molecule has 0 bridgehead atoms. The minimum atomic E-state index is -0.316. The van der Waals surface area contributed by atoms with E-state index in [0.717, 1.165) is 25.3 Å². The molecule has 20 heavy (non-hydrogen) atoms. The third-order valence-electron chi connectivity index (χ3n) is 3.69. The van der Waals surface area contributed by atoms with E-state index in [1.54, 1.807) is 12.1 Å². The summed E-state index contributed by atoms with van der Waals surface area (Å²) in [4.78, 5) is 15.9. The van der Waals surface area contributed by atoms with Gasteiger partial charge in [-0.15, -0.1) is 0 Å². The molecule has 0 saturated carbocycles. The van der Waals surface area contributed by atoms with Crippen LogP contribution in [0, 0.1) is 11.3 Å². The quantitative estimate of drug-likeness (QED) is 0.617. The fourth-order valence-electron chi connectivity index (χ4n) is 2.48. The van der Waals surface area contributed by atoms with Gasteiger partial charge in [-0.25, -0.2) is 4.79 Å². The zero-order valence-corrected chi connectivity index (χ0v) is 11.9. The van der Waals surface area contributed by atoms with Crippen LogP contribution in [0.2, 0.25) is 0 Å². The van der Waals surface area contributed by atoms with E-state index in [0.29, 0.717) is 18.2 Å². The predicted octanol–water partition coefficient (Wildman–Crippen LogP) is 1.51. The van der Waals surface area contributed by atoms with E-state index in [1.165, 1.54) is 7.11 Å². The molecule has 0 radical (unpaired) electrons. The van der Waals surface area contributed by atoms with Crippen molar-refractivity contribution in [3.8, 4) is 6.07 Å². The van der Waals surface area contributed by atoms with Crippen molar-refractivity contribution in [1.29, 1.82) is 5.26 Å². The van der Waals surface area contributed by atoms with Crippen molar-refractivity contribution < 1.29 is 9.53 Å². The van der Waals surface area contributed by atoms with Crippen LogP contribution >= 0.6 is 0 Å². The maximum absolute atomic E-state index is 11.4. The molecular weight excluding hydrogens is 254 g/mol. The topological polar surface area (TPSA) is 56.6 Å². The molecule has 0 N–H and O–H groups in total. The van der Waals surface area contributed by atoms with Crippen molar-refractivity contribution in [3.05, 3.63) is 29.8 Å². The van der Waals surface area contributed by atoms with Crippen molar-refractivity contribution in [2.75, 3.05) is 38.2 Å². The highest BCUT2D eigenvalue weighted by Crippen LogP contribution is 2.20. The minimum Gasteiger partial charge on any atom is -0.465 e. The Bertz CT molecular complexity index is 507. The summed E-state index contributed by atoms with van der Waals surface area (Å²) < 4.78 is 4.69. The molecule has 0 unspecified atom stereocenters. The molecule has 1 saturated heterocycles. The molecule has 0 aliphatic carbocycles. The van der Waals surface area contributed by atoms with Crippen molar-refractivity contribution in [2.24, 2.45) is 0 Å². The summed E-state index contributed by atoms with van der Waals surface area (Å²) in [5.74, 6) is -0.316. The highest BCUT2D eigenvalue weighted by atomic mass is 16.5. The van der Waals surface area contributed by atoms with E-state index in [9.17, 15) is 4.79 Å². The number of esters is 1. The van der Waals surface area contributed by atoms with Crippen LogP contribution in [0.3, 0.4) is 0 Å². The van der Waals surface area contributed by atoms with Gasteiger partial charge in [0.1, 0.15) is 0 Å². The molecule has 1 aromatic carbocycles. The van der Waals surface area contributed by atoms with Gasteiger partial charge in [-0.1, -0.05) is 0 Å². The first-order chi connectivity index (χ1) is 9.65. The average molecular weight is 273 g/mol. The number of hydrogen-bond donors (Lipinski definition) is 0. The Labute approximate surface area is 119 Å². The highest BCUT2D eigenvalue weighted by Gasteiger charge is 2.23. The Hall–Kier alpha value is -2.06. The van der Waals surface area contributed by atoms with Crippen molar-refractivity contribution >= 4 is 11.7 Å². The maximum Gasteiger partial charge on any atom is 0.337 e. The molecule has 0 amide bonds. The molecule has 106 valence electrons. The smallest absolute Gasteiger partial charge is 0.337 e. The lowest BCUT2D eigenvalue weighted by atomic mass is 10.1. The van der Waals surface area contributed by atoms with E-state index >= 15 is 0 Å². The van der Waals surface area contributed by atoms with Gasteiger partial charge in [0.15, 0.2) is 0 Å². The van der Waals surface area contributed by atoms with Gasteiger partial charge in [-0.05, 0) is 31.2 Å². The zero-order chi connectivity index (χ0) is 14.5. The van der Waals surface area contributed by atoms with E-state index in [4.69, 9.17) is 5.26 Å². The summed E-state index contributed by atoms with van der Waals surface area (Å²) in [6, 6.07) is 10.0. The van der Waals surface area contributed by atoms with Gasteiger partial charge < -0.3 is 9.64 Å². The van der Waals surface area contributed by atoms with Crippen LogP contribution in [0.4, 0.5) is 5.69 Å². The normalized spacial score (nSPS) is 19.4. The fourth-order valence-corrected chi connectivity index (χ4v) is 2.48. The van der Waals surface area contributed by atoms with Gasteiger partial charge in [0, 0.05) is 31.4 Å². The molecule has 5 heteroatoms. The van der Waals surface area contributed by atoms with Gasteiger partial charge in [0.25, 0.3) is 0 Å². The summed E-state index contributed by atoms with van der Waals surface area (Å²) >= 11 is 0. The largest absolute Gasteiger partial charge is 0.465 e. The molecule has 1 aliphatic heterocycles.